The number of aromatic nitrogens is 1. The lowest BCUT2D eigenvalue weighted by molar-refractivity contribution is -0.0418. The summed E-state index contributed by atoms with van der Waals surface area (Å²) in [7, 11) is 0. The molecule has 0 radical (unpaired) electrons. The highest BCUT2D eigenvalue weighted by atomic mass is 15.0. The first-order chi connectivity index (χ1) is 17.8. The fraction of sp³-hybridized carbons (Fsp3) is 0.314. The van der Waals surface area contributed by atoms with Crippen molar-refractivity contribution in [2.24, 2.45) is 23.7 Å². The van der Waals surface area contributed by atoms with Crippen LogP contribution in [0, 0.1) is 23.7 Å². The van der Waals surface area contributed by atoms with Crippen LogP contribution in [-0.2, 0) is 11.8 Å². The first-order valence-corrected chi connectivity index (χ1v) is 14.1. The first kappa shape index (κ1) is 18.9. The van der Waals surface area contributed by atoms with Crippen LogP contribution in [0.5, 0.6) is 0 Å². The average Bonchev–Trinajstić information content (AvgIpc) is 3.43. The van der Waals surface area contributed by atoms with Crippen molar-refractivity contribution in [3.05, 3.63) is 101 Å². The zero-order valence-electron chi connectivity index (χ0n) is 20.5. The maximum Gasteiger partial charge on any atom is 0.0582 e. The summed E-state index contributed by atoms with van der Waals surface area (Å²) in [6.45, 7) is 0. The highest BCUT2D eigenvalue weighted by molar-refractivity contribution is 6.11. The van der Waals surface area contributed by atoms with E-state index in [0.717, 1.165) is 30.1 Å². The molecule has 4 saturated carbocycles. The van der Waals surface area contributed by atoms with Crippen molar-refractivity contribution in [3.8, 4) is 16.8 Å². The molecule has 2 heterocycles. The van der Waals surface area contributed by atoms with Gasteiger partial charge in [0.2, 0.25) is 0 Å². The third-order valence-electron chi connectivity index (χ3n) is 11.2. The average molecular weight is 464 g/mol. The Kier molecular flexibility index (Phi) is 3.22. The normalized spacial score (nSPS) is 30.2. The Balaban J connectivity index is 1.40. The van der Waals surface area contributed by atoms with E-state index < -0.39 is 0 Å². The van der Waals surface area contributed by atoms with Gasteiger partial charge in [-0.2, -0.15) is 0 Å². The van der Waals surface area contributed by atoms with E-state index in [0.29, 0.717) is 0 Å². The summed E-state index contributed by atoms with van der Waals surface area (Å²) >= 11 is 0. The van der Waals surface area contributed by atoms with Crippen molar-refractivity contribution in [1.82, 2.24) is 4.57 Å². The third-order valence-corrected chi connectivity index (χ3v) is 11.2. The van der Waals surface area contributed by atoms with Crippen molar-refractivity contribution >= 4 is 21.8 Å². The number of rotatable bonds is 0. The minimum atomic E-state index is 0.166. The fourth-order valence-corrected chi connectivity index (χ4v) is 10.2. The van der Waals surface area contributed by atoms with E-state index in [9.17, 15) is 0 Å². The van der Waals surface area contributed by atoms with Gasteiger partial charge in [-0.3, -0.25) is 0 Å². The number of fused-ring (bicyclic) bond motifs is 8. The lowest BCUT2D eigenvalue weighted by atomic mass is 9.41. The SMILES string of the molecule is c1ccc2c(c1)Cc1cc3c(cc1-2)C1(c2cccc4c5ccccc5n-3c24)C2CC3CC(C2)CC1C3. The topological polar surface area (TPSA) is 4.93 Å². The molecule has 36 heavy (non-hydrogen) atoms. The molecule has 174 valence electrons. The van der Waals surface area contributed by atoms with Gasteiger partial charge in [-0.1, -0.05) is 60.7 Å². The van der Waals surface area contributed by atoms with Gasteiger partial charge in [-0.25, -0.2) is 0 Å². The molecule has 0 atom stereocenters. The summed E-state index contributed by atoms with van der Waals surface area (Å²) in [6.07, 6.45) is 8.27. The van der Waals surface area contributed by atoms with Crippen LogP contribution in [0.3, 0.4) is 0 Å². The van der Waals surface area contributed by atoms with Crippen LogP contribution in [0.25, 0.3) is 38.6 Å². The quantitative estimate of drug-likeness (QED) is 0.213. The Morgan fingerprint density at radius 3 is 2.22 bits per heavy atom. The third kappa shape index (κ3) is 1.99. The Bertz CT molecular complexity index is 1750. The maximum atomic E-state index is 2.69. The first-order valence-electron chi connectivity index (χ1n) is 14.1. The molecule has 6 aliphatic rings. The number of hydrogen-bond acceptors (Lipinski definition) is 0. The predicted octanol–water partition coefficient (Wildman–Crippen LogP) is 8.41. The number of benzene rings is 4. The van der Waals surface area contributed by atoms with E-state index in [-0.39, 0.29) is 5.41 Å². The van der Waals surface area contributed by atoms with E-state index >= 15 is 0 Å². The molecule has 0 N–H and O–H groups in total. The van der Waals surface area contributed by atoms with Crippen molar-refractivity contribution in [1.29, 1.82) is 0 Å². The molecule has 1 aromatic heterocycles. The molecule has 4 fully saturated rings. The number of hydrogen-bond donors (Lipinski definition) is 0. The van der Waals surface area contributed by atoms with Gasteiger partial charge in [0, 0.05) is 16.2 Å². The molecule has 0 unspecified atom stereocenters. The van der Waals surface area contributed by atoms with Gasteiger partial charge < -0.3 is 4.57 Å². The fourth-order valence-electron chi connectivity index (χ4n) is 10.2. The van der Waals surface area contributed by atoms with E-state index in [1.807, 2.05) is 0 Å². The molecule has 0 saturated heterocycles. The Hall–Kier alpha value is -3.32. The van der Waals surface area contributed by atoms with E-state index in [1.54, 1.807) is 11.1 Å². The molecule has 4 aromatic carbocycles. The van der Waals surface area contributed by atoms with E-state index in [2.05, 4.69) is 83.4 Å². The standard InChI is InChI=1S/C35H29N/c1-2-7-26-22(6-1)17-23-18-33-31(19-29(23)26)35(24-13-20-12-21(15-24)16-25(35)14-20)30-10-5-9-28-27-8-3-4-11-32(27)36(33)34(28)30/h1-11,18-21,24-25H,12-17H2. The van der Waals surface area contributed by atoms with Crippen LogP contribution in [0.2, 0.25) is 0 Å². The smallest absolute Gasteiger partial charge is 0.0582 e. The second-order valence-corrected chi connectivity index (χ2v) is 12.6. The highest BCUT2D eigenvalue weighted by Gasteiger charge is 2.61. The van der Waals surface area contributed by atoms with Crippen LogP contribution in [0.4, 0.5) is 0 Å². The van der Waals surface area contributed by atoms with Gasteiger partial charge in [0.15, 0.2) is 0 Å². The Morgan fingerprint density at radius 2 is 1.36 bits per heavy atom. The van der Waals surface area contributed by atoms with Crippen LogP contribution < -0.4 is 0 Å². The van der Waals surface area contributed by atoms with Crippen LogP contribution in [0.15, 0.2) is 78.9 Å². The Morgan fingerprint density at radius 1 is 0.611 bits per heavy atom. The second-order valence-electron chi connectivity index (χ2n) is 12.6. The van der Waals surface area contributed by atoms with Crippen molar-refractivity contribution in [2.45, 2.75) is 43.9 Å². The van der Waals surface area contributed by atoms with E-state index in [1.165, 1.54) is 81.9 Å². The number of para-hydroxylation sites is 2. The van der Waals surface area contributed by atoms with Gasteiger partial charge in [-0.15, -0.1) is 0 Å². The minimum Gasteiger partial charge on any atom is -0.309 e. The summed E-state index contributed by atoms with van der Waals surface area (Å²) in [6, 6.07) is 30.9. The van der Waals surface area contributed by atoms with Gasteiger partial charge in [0.25, 0.3) is 0 Å². The van der Waals surface area contributed by atoms with Crippen molar-refractivity contribution in [3.63, 3.8) is 0 Å². The van der Waals surface area contributed by atoms with Crippen molar-refractivity contribution < 1.29 is 0 Å². The Labute approximate surface area is 211 Å². The molecule has 11 rings (SSSR count). The zero-order valence-corrected chi connectivity index (χ0v) is 20.5. The van der Waals surface area contributed by atoms with E-state index in [4.69, 9.17) is 0 Å². The minimum absolute atomic E-state index is 0.166. The van der Waals surface area contributed by atoms with Gasteiger partial charge >= 0.3 is 0 Å². The molecule has 1 spiro atoms. The molecule has 1 nitrogen and oxygen atoms in total. The summed E-state index contributed by atoms with van der Waals surface area (Å²) < 4.78 is 2.66. The van der Waals surface area contributed by atoms with Gasteiger partial charge in [0.1, 0.15) is 0 Å². The highest BCUT2D eigenvalue weighted by Crippen LogP contribution is 2.68. The monoisotopic (exact) mass is 463 g/mol. The predicted molar refractivity (Wildman–Crippen MR) is 147 cm³/mol. The lowest BCUT2D eigenvalue weighted by Gasteiger charge is -2.63. The number of nitrogens with zero attached hydrogens (tertiary/aromatic N) is 1. The summed E-state index contributed by atoms with van der Waals surface area (Å²) in [5.41, 5.74) is 13.8. The molecule has 1 aliphatic heterocycles. The zero-order chi connectivity index (χ0) is 23.2. The van der Waals surface area contributed by atoms with Crippen LogP contribution >= 0.6 is 0 Å². The molecular formula is C35H29N. The molecule has 4 bridgehead atoms. The molecule has 1 heteroatoms. The van der Waals surface area contributed by atoms with Crippen molar-refractivity contribution in [2.75, 3.05) is 0 Å². The largest absolute Gasteiger partial charge is 0.309 e. The molecule has 5 aromatic rings. The summed E-state index contributed by atoms with van der Waals surface area (Å²) in [5, 5.41) is 2.86. The van der Waals surface area contributed by atoms with Crippen LogP contribution in [-0.4, -0.2) is 4.57 Å². The second kappa shape index (κ2) is 6.14. The lowest BCUT2D eigenvalue weighted by Crippen LogP contribution is -2.57. The maximum absolute atomic E-state index is 2.69. The summed E-state index contributed by atoms with van der Waals surface area (Å²) in [4.78, 5) is 0. The molecule has 0 amide bonds. The molecule has 5 aliphatic carbocycles. The van der Waals surface area contributed by atoms with Gasteiger partial charge in [0.05, 0.1) is 16.7 Å². The van der Waals surface area contributed by atoms with Crippen LogP contribution in [0.1, 0.15) is 54.4 Å². The molecular weight excluding hydrogens is 434 g/mol. The summed E-state index contributed by atoms with van der Waals surface area (Å²) in [5.74, 6) is 3.48. The van der Waals surface area contributed by atoms with Gasteiger partial charge in [-0.05, 0) is 114 Å².